The number of hydrogen-bond acceptors (Lipinski definition) is 29. The van der Waals surface area contributed by atoms with E-state index in [4.69, 9.17) is 63.5 Å². The van der Waals surface area contributed by atoms with Gasteiger partial charge >= 0.3 is 6.72 Å². The highest BCUT2D eigenvalue weighted by Crippen LogP contribution is 2.42. The van der Waals surface area contributed by atoms with Gasteiger partial charge in [0.2, 0.25) is 35.4 Å². The number of aliphatic hydroxyl groups excluding tert-OH is 9. The second kappa shape index (κ2) is 41.0. The maximum atomic E-state index is 13.3. The number of ether oxygens (including phenoxy) is 9. The lowest BCUT2D eigenvalue weighted by molar-refractivity contribution is -0.272. The fourth-order valence-electron chi connectivity index (χ4n) is 8.72. The molecule has 3 aliphatic heterocycles. The number of amides is 6. The van der Waals surface area contributed by atoms with Crippen LogP contribution in [0.25, 0.3) is 0 Å². The van der Waals surface area contributed by atoms with Crippen LogP contribution in [-0.4, -0.2) is 340 Å². The summed E-state index contributed by atoms with van der Waals surface area (Å²) in [6, 6.07) is -3.43. The van der Waals surface area contributed by atoms with Crippen LogP contribution in [0.15, 0.2) is 0 Å². The van der Waals surface area contributed by atoms with E-state index in [0.717, 1.165) is 0 Å². The van der Waals surface area contributed by atoms with Gasteiger partial charge in [0, 0.05) is 60.6 Å². The summed E-state index contributed by atoms with van der Waals surface area (Å²) >= 11 is 4.95. The Morgan fingerprint density at radius 2 is 0.788 bits per heavy atom. The van der Waals surface area contributed by atoms with E-state index in [2.05, 4.69) is 31.9 Å². The minimum absolute atomic E-state index is 0.00608. The highest BCUT2D eigenvalue weighted by molar-refractivity contribution is 8.07. The third-order valence-corrected chi connectivity index (χ3v) is 14.7. The zero-order chi connectivity index (χ0) is 63.1. The average Bonchev–Trinajstić information content (AvgIpc) is 2.48. The Hall–Kier alpha value is -3.45. The van der Waals surface area contributed by atoms with E-state index in [-0.39, 0.29) is 131 Å². The van der Waals surface area contributed by atoms with Gasteiger partial charge in [0.25, 0.3) is 0 Å². The summed E-state index contributed by atoms with van der Waals surface area (Å²) in [6.45, 7) is -2.47. The third kappa shape index (κ3) is 28.3. The molecule has 3 fully saturated rings. The maximum Gasteiger partial charge on any atom is 0.324 e. The first-order chi connectivity index (χ1) is 40.4. The van der Waals surface area contributed by atoms with Gasteiger partial charge in [0.05, 0.1) is 106 Å². The van der Waals surface area contributed by atoms with E-state index in [9.17, 15) is 79.6 Å². The van der Waals surface area contributed by atoms with Crippen LogP contribution < -0.4 is 31.9 Å². The van der Waals surface area contributed by atoms with E-state index in [0.29, 0.717) is 0 Å². The molecule has 494 valence electrons. The van der Waals surface area contributed by atoms with Crippen molar-refractivity contribution in [2.24, 2.45) is 0 Å². The number of rotatable bonds is 42. The summed E-state index contributed by atoms with van der Waals surface area (Å²) < 4.78 is 60.4. The Morgan fingerprint density at radius 1 is 0.471 bits per heavy atom. The number of carbonyl (C=O) groups is 6. The lowest BCUT2D eigenvalue weighted by Gasteiger charge is -2.42. The van der Waals surface area contributed by atoms with Crippen LogP contribution in [0.3, 0.4) is 0 Å². The number of nitrogens with one attached hydrogen (secondary N) is 6. The van der Waals surface area contributed by atoms with Crippen molar-refractivity contribution in [3.63, 3.8) is 0 Å². The van der Waals surface area contributed by atoms with Gasteiger partial charge in [-0.15, -0.1) is 0 Å². The molecule has 0 spiro atoms. The standard InChI is InChI=1S/C48H89N8O27PS/c1-28(60)52-37-43(69)40(66)31(25-57)81-46(37)77-19-16-74-12-6-49-34(63)22-55(11-15-80-84(72,85)73-4)9-5-10-56(23-35(64)50-7-13-75-17-20-78-47-38(53-29(2)61)44(70)41(67)32(26-58)82-47)24-36(65)51-8-14-76-18-21-79-48-39(54-30(3)62)45(71)42(68)33(27-59)83-48/h31-33,37-48,57-59,66-71H,5-27H2,1-4H3,(H,49,63)(H,50,64)(H,51,65)(H,52,60)(H,53,61)(H,54,62)(H,72,85). The first kappa shape index (κ1) is 75.8. The monoisotopic (exact) mass is 1270 g/mol. The van der Waals surface area contributed by atoms with E-state index < -0.39 is 154 Å². The van der Waals surface area contributed by atoms with Crippen LogP contribution in [0.1, 0.15) is 27.2 Å². The van der Waals surface area contributed by atoms with Gasteiger partial charge in [-0.05, 0) is 24.8 Å². The molecule has 3 saturated heterocycles. The highest BCUT2D eigenvalue weighted by atomic mass is 32.5. The Bertz CT molecular complexity index is 1960. The van der Waals surface area contributed by atoms with Gasteiger partial charge in [-0.3, -0.25) is 38.6 Å². The van der Waals surface area contributed by atoms with Crippen molar-refractivity contribution in [2.45, 2.75) is 119 Å². The van der Waals surface area contributed by atoms with Crippen LogP contribution in [-0.2, 0) is 92.3 Å². The first-order valence-electron chi connectivity index (χ1n) is 27.5. The lowest BCUT2D eigenvalue weighted by Crippen LogP contribution is -2.64. The molecule has 85 heavy (non-hydrogen) atoms. The predicted octanol–water partition coefficient (Wildman–Crippen LogP) is -9.86. The summed E-state index contributed by atoms with van der Waals surface area (Å²) in [5.74, 6) is -2.97. The Balaban J connectivity index is 1.55. The number of aliphatic hydroxyl groups is 9. The minimum atomic E-state index is -3.57. The summed E-state index contributed by atoms with van der Waals surface area (Å²) in [7, 11) is 1.19. The summed E-state index contributed by atoms with van der Waals surface area (Å²) in [4.78, 5) is 88.3. The Morgan fingerprint density at radius 3 is 1.09 bits per heavy atom. The molecule has 6 amide bonds. The van der Waals surface area contributed by atoms with Crippen molar-refractivity contribution in [3.8, 4) is 0 Å². The zero-order valence-electron chi connectivity index (χ0n) is 48.1. The van der Waals surface area contributed by atoms with E-state index in [1.807, 2.05) is 0 Å². The third-order valence-electron chi connectivity index (χ3n) is 12.9. The second-order valence-electron chi connectivity index (χ2n) is 19.6. The van der Waals surface area contributed by atoms with Crippen molar-refractivity contribution in [3.05, 3.63) is 0 Å². The molecule has 16 N–H and O–H groups in total. The smallest absolute Gasteiger partial charge is 0.324 e. The van der Waals surface area contributed by atoms with Crippen LogP contribution in [0.4, 0.5) is 0 Å². The molecule has 35 nitrogen and oxygen atoms in total. The van der Waals surface area contributed by atoms with Crippen molar-refractivity contribution in [1.29, 1.82) is 0 Å². The van der Waals surface area contributed by atoms with E-state index in [1.165, 1.54) is 27.9 Å². The Labute approximate surface area is 496 Å². The maximum absolute atomic E-state index is 13.3. The number of hydrogen-bond donors (Lipinski definition) is 16. The quantitative estimate of drug-likeness (QED) is 0.0199. The Kier molecular flexibility index (Phi) is 36.5. The molecule has 0 aliphatic carbocycles. The molecule has 0 radical (unpaired) electrons. The largest absolute Gasteiger partial charge is 0.394 e. The molecule has 0 aromatic rings. The van der Waals surface area contributed by atoms with Crippen molar-refractivity contribution in [2.75, 3.05) is 152 Å². The molecule has 37 heteroatoms. The molecule has 0 aromatic carbocycles. The summed E-state index contributed by atoms with van der Waals surface area (Å²) in [5, 5.41) is 106. The minimum Gasteiger partial charge on any atom is -0.394 e. The molecule has 3 rings (SSSR count). The number of carbonyl (C=O) groups excluding carboxylic acids is 6. The van der Waals surface area contributed by atoms with Crippen LogP contribution in [0.2, 0.25) is 0 Å². The fourth-order valence-corrected chi connectivity index (χ4v) is 9.36. The highest BCUT2D eigenvalue weighted by Gasteiger charge is 2.48. The van der Waals surface area contributed by atoms with Crippen molar-refractivity contribution >= 4 is 54.0 Å². The average molecular weight is 1270 g/mol. The molecule has 0 saturated carbocycles. The van der Waals surface area contributed by atoms with Gasteiger partial charge in [-0.1, -0.05) is 0 Å². The molecule has 0 bridgehead atoms. The van der Waals surface area contributed by atoms with Gasteiger partial charge in [-0.2, -0.15) is 0 Å². The topological polar surface area (TPSA) is 485 Å². The SMILES string of the molecule is COP(O)(=S)OCCN(CCCN(CC(=O)NCCOCCOC1OC(CO)C(O)C(O)C1NC(C)=O)CC(=O)NCCOCCOC1OC(CO)C(O)C(O)C1NC(C)=O)CC(=O)NCCOCCOC1OC(CO)C(O)C(O)C1NC(C)=O. The molecule has 3 heterocycles. The molecule has 16 unspecified atom stereocenters. The normalized spacial score (nSPS) is 28.5. The second-order valence-corrected chi connectivity index (χ2v) is 22.6. The van der Waals surface area contributed by atoms with E-state index in [1.54, 1.807) is 9.80 Å². The van der Waals surface area contributed by atoms with E-state index >= 15 is 0 Å². The molecule has 3 aliphatic rings. The van der Waals surface area contributed by atoms with Crippen LogP contribution >= 0.6 is 6.72 Å². The summed E-state index contributed by atoms with van der Waals surface area (Å²) in [5.41, 5.74) is 0. The molecule has 0 aromatic heterocycles. The van der Waals surface area contributed by atoms with Gasteiger partial charge < -0.3 is 134 Å². The summed E-state index contributed by atoms with van der Waals surface area (Å²) in [6.07, 6.45) is -15.9. The van der Waals surface area contributed by atoms with Crippen LogP contribution in [0, 0.1) is 0 Å². The first-order valence-corrected chi connectivity index (χ1v) is 30.1. The van der Waals surface area contributed by atoms with Gasteiger partial charge in [0.1, 0.15) is 73.1 Å². The van der Waals surface area contributed by atoms with Gasteiger partial charge in [0.15, 0.2) is 18.9 Å². The lowest BCUT2D eigenvalue weighted by atomic mass is 9.97. The van der Waals surface area contributed by atoms with Crippen molar-refractivity contribution in [1.82, 2.24) is 41.7 Å². The molecular weight excluding hydrogens is 1180 g/mol. The van der Waals surface area contributed by atoms with Gasteiger partial charge in [-0.25, -0.2) is 0 Å². The molecule has 16 atom stereocenters. The predicted molar refractivity (Wildman–Crippen MR) is 292 cm³/mol. The number of nitrogens with zero attached hydrogens (tertiary/aromatic N) is 2. The zero-order valence-corrected chi connectivity index (χ0v) is 49.8. The fraction of sp³-hybridized carbons (Fsp3) is 0.875. The van der Waals surface area contributed by atoms with Crippen LogP contribution in [0.5, 0.6) is 0 Å². The molecular formula is C48H89N8O27PS. The van der Waals surface area contributed by atoms with Crippen molar-refractivity contribution < 1.29 is 131 Å².